The number of carbonyl (C=O) groups is 1. The smallest absolute Gasteiger partial charge is 0.321 e. The quantitative estimate of drug-likeness (QED) is 0.874. The number of likely N-dealkylation sites (tertiary alicyclic amines) is 1. The first-order valence-corrected chi connectivity index (χ1v) is 8.49. The van der Waals surface area contributed by atoms with Crippen molar-refractivity contribution in [2.75, 3.05) is 43.5 Å². The van der Waals surface area contributed by atoms with Crippen LogP contribution in [0.1, 0.15) is 27.2 Å². The van der Waals surface area contributed by atoms with E-state index in [1.165, 1.54) is 0 Å². The van der Waals surface area contributed by atoms with Crippen LogP contribution < -0.4 is 10.2 Å². The lowest BCUT2D eigenvalue weighted by molar-refractivity contribution is 0.0440. The molecule has 0 radical (unpaired) electrons. The molecule has 1 saturated heterocycles. The molecule has 2 rings (SSSR count). The third-order valence-electron chi connectivity index (χ3n) is 4.13. The summed E-state index contributed by atoms with van der Waals surface area (Å²) in [5, 5.41) is 3.04. The van der Waals surface area contributed by atoms with Gasteiger partial charge in [-0.3, -0.25) is 0 Å². The van der Waals surface area contributed by atoms with E-state index in [1.54, 1.807) is 0 Å². The molecule has 1 atom stereocenters. The molecule has 1 aromatic rings. The molecule has 1 aromatic carbocycles. The van der Waals surface area contributed by atoms with Crippen LogP contribution in [0.5, 0.6) is 0 Å². The summed E-state index contributed by atoms with van der Waals surface area (Å²) in [5.74, 6) is 0.523. The first-order valence-electron chi connectivity index (χ1n) is 8.49. The number of nitrogens with one attached hydrogen (secondary N) is 1. The Morgan fingerprint density at radius 2 is 2.17 bits per heavy atom. The molecule has 1 aliphatic rings. The van der Waals surface area contributed by atoms with Crippen molar-refractivity contribution in [1.29, 1.82) is 0 Å². The topological polar surface area (TPSA) is 44.8 Å². The molecule has 5 heteroatoms. The zero-order valence-corrected chi connectivity index (χ0v) is 14.7. The second-order valence-electron chi connectivity index (χ2n) is 6.55. The Kier molecular flexibility index (Phi) is 6.28. The lowest BCUT2D eigenvalue weighted by Crippen LogP contribution is -2.34. The van der Waals surface area contributed by atoms with Gasteiger partial charge in [0.15, 0.2) is 0 Å². The molecule has 0 aliphatic carbocycles. The molecule has 1 unspecified atom stereocenters. The average Bonchev–Trinajstić information content (AvgIpc) is 3.02. The molecule has 0 aromatic heterocycles. The fraction of sp³-hybridized carbons (Fsp3) is 0.611. The number of urea groups is 1. The molecule has 1 N–H and O–H groups in total. The fourth-order valence-electron chi connectivity index (χ4n) is 2.65. The highest BCUT2D eigenvalue weighted by Crippen LogP contribution is 2.25. The molecule has 128 valence electrons. The molecule has 1 heterocycles. The summed E-state index contributed by atoms with van der Waals surface area (Å²) in [4.78, 5) is 16.5. The number of carbonyl (C=O) groups excluding carboxylic acids is 1. The van der Waals surface area contributed by atoms with E-state index in [9.17, 15) is 4.79 Å². The Labute approximate surface area is 139 Å². The highest BCUT2D eigenvalue weighted by atomic mass is 16.5. The Hall–Kier alpha value is -1.75. The van der Waals surface area contributed by atoms with E-state index in [0.29, 0.717) is 12.5 Å². The van der Waals surface area contributed by atoms with E-state index in [-0.39, 0.29) is 12.1 Å². The van der Waals surface area contributed by atoms with Gasteiger partial charge in [0.2, 0.25) is 0 Å². The van der Waals surface area contributed by atoms with Crippen LogP contribution in [0.2, 0.25) is 0 Å². The number of para-hydroxylation sites is 2. The van der Waals surface area contributed by atoms with Crippen molar-refractivity contribution >= 4 is 17.4 Å². The van der Waals surface area contributed by atoms with Crippen molar-refractivity contribution < 1.29 is 9.53 Å². The van der Waals surface area contributed by atoms with E-state index in [0.717, 1.165) is 37.5 Å². The van der Waals surface area contributed by atoms with Crippen LogP contribution in [0, 0.1) is 5.92 Å². The highest BCUT2D eigenvalue weighted by Gasteiger charge is 2.27. The van der Waals surface area contributed by atoms with Gasteiger partial charge in [0.05, 0.1) is 17.5 Å². The molecule has 23 heavy (non-hydrogen) atoms. The van der Waals surface area contributed by atoms with Gasteiger partial charge in [-0.1, -0.05) is 26.0 Å². The second-order valence-corrected chi connectivity index (χ2v) is 6.55. The SMILES string of the molecule is CCN(C)c1ccccc1NC(=O)N1CCC(OCC(C)C)C1. The lowest BCUT2D eigenvalue weighted by Gasteiger charge is -2.23. The van der Waals surface area contributed by atoms with Gasteiger partial charge in [-0.05, 0) is 31.4 Å². The van der Waals surface area contributed by atoms with Gasteiger partial charge in [-0.15, -0.1) is 0 Å². The molecule has 0 spiro atoms. The number of nitrogens with zero attached hydrogens (tertiary/aromatic N) is 2. The largest absolute Gasteiger partial charge is 0.376 e. The molecule has 2 amide bonds. The number of anilines is 2. The van der Waals surface area contributed by atoms with Crippen molar-refractivity contribution in [1.82, 2.24) is 4.90 Å². The molecule has 1 fully saturated rings. The molecular weight excluding hydrogens is 290 g/mol. The van der Waals surface area contributed by atoms with E-state index >= 15 is 0 Å². The first kappa shape index (κ1) is 17.6. The van der Waals surface area contributed by atoms with Gasteiger partial charge in [-0.2, -0.15) is 0 Å². The van der Waals surface area contributed by atoms with Crippen LogP contribution in [0.25, 0.3) is 0 Å². The van der Waals surface area contributed by atoms with Gasteiger partial charge in [0.25, 0.3) is 0 Å². The zero-order valence-electron chi connectivity index (χ0n) is 14.7. The van der Waals surface area contributed by atoms with Crippen LogP contribution in [0.3, 0.4) is 0 Å². The van der Waals surface area contributed by atoms with Gasteiger partial charge in [0, 0.05) is 33.3 Å². The molecule has 1 aliphatic heterocycles. The molecule has 0 saturated carbocycles. The van der Waals surface area contributed by atoms with Gasteiger partial charge >= 0.3 is 6.03 Å². The van der Waals surface area contributed by atoms with E-state index < -0.39 is 0 Å². The van der Waals surface area contributed by atoms with E-state index in [4.69, 9.17) is 4.74 Å². The minimum atomic E-state index is -0.0439. The summed E-state index contributed by atoms with van der Waals surface area (Å²) in [6, 6.07) is 7.86. The minimum absolute atomic E-state index is 0.0439. The van der Waals surface area contributed by atoms with E-state index in [1.807, 2.05) is 36.2 Å². The predicted molar refractivity (Wildman–Crippen MR) is 95.2 cm³/mol. The minimum Gasteiger partial charge on any atom is -0.376 e. The van der Waals surface area contributed by atoms with Crippen LogP contribution in [0.4, 0.5) is 16.2 Å². The maximum Gasteiger partial charge on any atom is 0.321 e. The summed E-state index contributed by atoms with van der Waals surface area (Å²) >= 11 is 0. The number of rotatable bonds is 6. The molecule has 0 bridgehead atoms. The third-order valence-corrected chi connectivity index (χ3v) is 4.13. The zero-order chi connectivity index (χ0) is 16.8. The number of amides is 2. The highest BCUT2D eigenvalue weighted by molar-refractivity contribution is 5.93. The number of hydrogen-bond donors (Lipinski definition) is 1. The van der Waals surface area contributed by atoms with Crippen molar-refractivity contribution in [2.24, 2.45) is 5.92 Å². The third kappa shape index (κ3) is 4.86. The average molecular weight is 319 g/mol. The first-order chi connectivity index (χ1) is 11.0. The fourth-order valence-corrected chi connectivity index (χ4v) is 2.65. The van der Waals surface area contributed by atoms with Crippen LogP contribution in [-0.2, 0) is 4.74 Å². The van der Waals surface area contributed by atoms with Crippen molar-refractivity contribution in [3.63, 3.8) is 0 Å². The monoisotopic (exact) mass is 319 g/mol. The Balaban J connectivity index is 1.93. The number of hydrogen-bond acceptors (Lipinski definition) is 3. The van der Waals surface area contributed by atoms with Crippen LogP contribution in [-0.4, -0.2) is 50.3 Å². The summed E-state index contributed by atoms with van der Waals surface area (Å²) in [5.41, 5.74) is 1.89. The summed E-state index contributed by atoms with van der Waals surface area (Å²) in [7, 11) is 2.02. The standard InChI is InChI=1S/C18H29N3O2/c1-5-20(4)17-9-7-6-8-16(17)19-18(22)21-11-10-15(12-21)23-13-14(2)3/h6-9,14-15H,5,10-13H2,1-4H3,(H,19,22). The predicted octanol–water partition coefficient (Wildman–Crippen LogP) is 3.42. The Morgan fingerprint density at radius 1 is 1.43 bits per heavy atom. The number of benzene rings is 1. The molecular formula is C18H29N3O2. The molecule has 5 nitrogen and oxygen atoms in total. The van der Waals surface area contributed by atoms with Crippen LogP contribution >= 0.6 is 0 Å². The summed E-state index contributed by atoms with van der Waals surface area (Å²) < 4.78 is 5.84. The maximum atomic E-state index is 12.5. The van der Waals surface area contributed by atoms with Crippen LogP contribution in [0.15, 0.2) is 24.3 Å². The van der Waals surface area contributed by atoms with E-state index in [2.05, 4.69) is 31.0 Å². The Bertz CT molecular complexity index is 519. The van der Waals surface area contributed by atoms with Crippen molar-refractivity contribution in [2.45, 2.75) is 33.3 Å². The summed E-state index contributed by atoms with van der Waals surface area (Å²) in [6.07, 6.45) is 1.08. The number of ether oxygens (including phenoxy) is 1. The normalized spacial score (nSPS) is 17.6. The van der Waals surface area contributed by atoms with Gasteiger partial charge in [-0.25, -0.2) is 4.79 Å². The Morgan fingerprint density at radius 3 is 2.87 bits per heavy atom. The van der Waals surface area contributed by atoms with Crippen molar-refractivity contribution in [3.8, 4) is 0 Å². The van der Waals surface area contributed by atoms with Gasteiger partial charge < -0.3 is 19.9 Å². The maximum absolute atomic E-state index is 12.5. The van der Waals surface area contributed by atoms with Gasteiger partial charge in [0.1, 0.15) is 0 Å². The lowest BCUT2D eigenvalue weighted by atomic mass is 10.2. The second kappa shape index (κ2) is 8.20. The van der Waals surface area contributed by atoms with Crippen molar-refractivity contribution in [3.05, 3.63) is 24.3 Å². The summed E-state index contributed by atoms with van der Waals surface area (Å²) in [6.45, 7) is 9.44.